The molecule has 0 fully saturated rings. The van der Waals surface area contributed by atoms with Gasteiger partial charge in [0.1, 0.15) is 5.60 Å². The van der Waals surface area contributed by atoms with E-state index in [2.05, 4.69) is 47.7 Å². The Bertz CT molecular complexity index is 686. The van der Waals surface area contributed by atoms with E-state index in [-0.39, 0.29) is 5.60 Å². The Morgan fingerprint density at radius 2 is 2.04 bits per heavy atom. The molecule has 0 spiro atoms. The number of nitrogens with zero attached hydrogens (tertiary/aromatic N) is 2. The molecule has 2 aliphatic rings. The van der Waals surface area contributed by atoms with Crippen molar-refractivity contribution in [2.45, 2.75) is 64.0 Å². The van der Waals surface area contributed by atoms with Gasteiger partial charge in [-0.15, -0.1) is 0 Å². The van der Waals surface area contributed by atoms with Crippen LogP contribution in [-0.2, 0) is 23.3 Å². The van der Waals surface area contributed by atoms with Crippen LogP contribution in [0.1, 0.15) is 56.7 Å². The predicted octanol–water partition coefficient (Wildman–Crippen LogP) is 4.72. The van der Waals surface area contributed by atoms with Crippen molar-refractivity contribution in [3.05, 3.63) is 35.5 Å². The van der Waals surface area contributed by atoms with Crippen molar-refractivity contribution in [1.82, 2.24) is 9.47 Å². The Morgan fingerprint density at radius 3 is 2.92 bits per heavy atom. The highest BCUT2D eigenvalue weighted by Gasteiger charge is 2.43. The number of para-hydroxylation sites is 1. The normalized spacial score (nSPS) is 22.5. The van der Waals surface area contributed by atoms with Crippen LogP contribution in [0, 0.1) is 0 Å². The number of unbranched alkanes of at least 4 members (excludes halogenated alkanes) is 1. The highest BCUT2D eigenvalue weighted by Crippen LogP contribution is 2.47. The number of ether oxygens (including phenoxy) is 1. The predicted molar refractivity (Wildman–Crippen MR) is 104 cm³/mol. The molecule has 1 unspecified atom stereocenters. The Labute approximate surface area is 152 Å². The summed E-state index contributed by atoms with van der Waals surface area (Å²) in [5.74, 6) is 0. The first-order chi connectivity index (χ1) is 12.2. The summed E-state index contributed by atoms with van der Waals surface area (Å²) in [4.78, 5) is 2.49. The lowest BCUT2D eigenvalue weighted by molar-refractivity contribution is -0.0884. The molecule has 0 N–H and O–H groups in total. The molecular formula is C22H32N2O. The SMILES string of the molecule is CCCCN(C)CCCC12CCCn3c1c(c1ccccc13)CCO2. The number of aryl methyl sites for hydroxylation is 1. The zero-order chi connectivity index (χ0) is 17.3. The van der Waals surface area contributed by atoms with Gasteiger partial charge in [0.05, 0.1) is 12.3 Å². The van der Waals surface area contributed by atoms with Crippen molar-refractivity contribution < 1.29 is 4.74 Å². The van der Waals surface area contributed by atoms with Gasteiger partial charge in [-0.05, 0) is 70.3 Å². The average Bonchev–Trinajstić information content (AvgIpc) is 2.97. The summed E-state index contributed by atoms with van der Waals surface area (Å²) in [6.07, 6.45) is 8.46. The van der Waals surface area contributed by atoms with E-state index in [9.17, 15) is 0 Å². The summed E-state index contributed by atoms with van der Waals surface area (Å²) in [6, 6.07) is 8.97. The molecule has 4 rings (SSSR count). The quantitative estimate of drug-likeness (QED) is 0.726. The van der Waals surface area contributed by atoms with Crippen LogP contribution < -0.4 is 0 Å². The monoisotopic (exact) mass is 340 g/mol. The van der Waals surface area contributed by atoms with Crippen LogP contribution in [0.25, 0.3) is 10.9 Å². The van der Waals surface area contributed by atoms with Gasteiger partial charge in [0.2, 0.25) is 0 Å². The van der Waals surface area contributed by atoms with Gasteiger partial charge in [-0.3, -0.25) is 0 Å². The minimum Gasteiger partial charge on any atom is -0.368 e. The Balaban J connectivity index is 1.59. The fourth-order valence-electron chi connectivity index (χ4n) is 5.00. The molecule has 3 nitrogen and oxygen atoms in total. The number of aromatic nitrogens is 1. The molecule has 2 aliphatic heterocycles. The second-order valence-electron chi connectivity index (χ2n) is 7.95. The third-order valence-corrected chi connectivity index (χ3v) is 6.21. The van der Waals surface area contributed by atoms with Gasteiger partial charge < -0.3 is 14.2 Å². The van der Waals surface area contributed by atoms with Gasteiger partial charge in [0.15, 0.2) is 0 Å². The third kappa shape index (κ3) is 3.02. The van der Waals surface area contributed by atoms with E-state index in [1.807, 2.05) is 0 Å². The number of hydrogen-bond donors (Lipinski definition) is 0. The van der Waals surface area contributed by atoms with Crippen LogP contribution in [0.2, 0.25) is 0 Å². The third-order valence-electron chi connectivity index (χ3n) is 6.21. The number of rotatable bonds is 7. The van der Waals surface area contributed by atoms with Gasteiger partial charge in [-0.25, -0.2) is 0 Å². The molecule has 2 aromatic rings. The van der Waals surface area contributed by atoms with E-state index in [1.165, 1.54) is 61.8 Å². The maximum atomic E-state index is 6.53. The molecule has 0 radical (unpaired) electrons. The molecule has 25 heavy (non-hydrogen) atoms. The van der Waals surface area contributed by atoms with E-state index in [0.29, 0.717) is 0 Å². The first kappa shape index (κ1) is 17.1. The van der Waals surface area contributed by atoms with E-state index >= 15 is 0 Å². The van der Waals surface area contributed by atoms with Gasteiger partial charge in [-0.1, -0.05) is 31.5 Å². The summed E-state index contributed by atoms with van der Waals surface area (Å²) < 4.78 is 9.10. The fraction of sp³-hybridized carbons (Fsp3) is 0.636. The maximum absolute atomic E-state index is 6.53. The zero-order valence-electron chi connectivity index (χ0n) is 15.9. The molecule has 3 heterocycles. The summed E-state index contributed by atoms with van der Waals surface area (Å²) in [7, 11) is 2.26. The lowest BCUT2D eigenvalue weighted by Crippen LogP contribution is -2.41. The molecule has 0 saturated carbocycles. The van der Waals surface area contributed by atoms with E-state index in [0.717, 1.165) is 26.0 Å². The van der Waals surface area contributed by atoms with Crippen LogP contribution in [0.4, 0.5) is 0 Å². The molecule has 0 amide bonds. The van der Waals surface area contributed by atoms with E-state index in [4.69, 9.17) is 4.74 Å². The lowest BCUT2D eigenvalue weighted by Gasteiger charge is -2.42. The highest BCUT2D eigenvalue weighted by atomic mass is 16.5. The minimum atomic E-state index is -0.0313. The summed E-state index contributed by atoms with van der Waals surface area (Å²) in [6.45, 7) is 6.70. The first-order valence-electron chi connectivity index (χ1n) is 10.2. The Kier molecular flexibility index (Phi) is 4.88. The number of fused-ring (bicyclic) bond motifs is 3. The van der Waals surface area contributed by atoms with Crippen LogP contribution in [-0.4, -0.2) is 36.2 Å². The van der Waals surface area contributed by atoms with Crippen LogP contribution >= 0.6 is 0 Å². The van der Waals surface area contributed by atoms with Crippen LogP contribution in [0.5, 0.6) is 0 Å². The average molecular weight is 341 g/mol. The summed E-state index contributed by atoms with van der Waals surface area (Å²) in [5.41, 5.74) is 4.47. The summed E-state index contributed by atoms with van der Waals surface area (Å²) in [5, 5.41) is 1.46. The van der Waals surface area contributed by atoms with Crippen molar-refractivity contribution in [3.8, 4) is 0 Å². The van der Waals surface area contributed by atoms with Crippen molar-refractivity contribution in [3.63, 3.8) is 0 Å². The molecule has 0 aliphatic carbocycles. The number of hydrogen-bond acceptors (Lipinski definition) is 2. The molecule has 1 aromatic heterocycles. The summed E-state index contributed by atoms with van der Waals surface area (Å²) >= 11 is 0. The fourth-order valence-corrected chi connectivity index (χ4v) is 5.00. The lowest BCUT2D eigenvalue weighted by atomic mass is 9.81. The highest BCUT2D eigenvalue weighted by molar-refractivity contribution is 5.86. The minimum absolute atomic E-state index is 0.0313. The Hall–Kier alpha value is -1.32. The van der Waals surface area contributed by atoms with Crippen molar-refractivity contribution in [2.24, 2.45) is 0 Å². The van der Waals surface area contributed by atoms with Crippen molar-refractivity contribution in [2.75, 3.05) is 26.7 Å². The van der Waals surface area contributed by atoms with Crippen LogP contribution in [0.3, 0.4) is 0 Å². The number of benzene rings is 1. The zero-order valence-corrected chi connectivity index (χ0v) is 15.9. The van der Waals surface area contributed by atoms with Gasteiger partial charge in [-0.2, -0.15) is 0 Å². The van der Waals surface area contributed by atoms with E-state index in [1.54, 1.807) is 5.56 Å². The van der Waals surface area contributed by atoms with Gasteiger partial charge in [0.25, 0.3) is 0 Å². The molecule has 3 heteroatoms. The smallest absolute Gasteiger partial charge is 0.108 e. The van der Waals surface area contributed by atoms with Gasteiger partial charge >= 0.3 is 0 Å². The molecule has 136 valence electrons. The molecule has 0 saturated heterocycles. The van der Waals surface area contributed by atoms with E-state index < -0.39 is 0 Å². The molecular weight excluding hydrogens is 308 g/mol. The molecule has 1 aromatic carbocycles. The van der Waals surface area contributed by atoms with Crippen LogP contribution in [0.15, 0.2) is 24.3 Å². The molecule has 0 bridgehead atoms. The van der Waals surface area contributed by atoms with Crippen molar-refractivity contribution in [1.29, 1.82) is 0 Å². The largest absolute Gasteiger partial charge is 0.368 e. The maximum Gasteiger partial charge on any atom is 0.108 e. The van der Waals surface area contributed by atoms with Crippen molar-refractivity contribution >= 4 is 10.9 Å². The second-order valence-corrected chi connectivity index (χ2v) is 7.95. The standard InChI is InChI=1S/C22H32N2O/c1-3-4-14-23(2)15-7-12-22-13-8-16-24-20-10-6-5-9-18(20)19(21(22)24)11-17-25-22/h5-6,9-10H,3-4,7-8,11-17H2,1-2H3. The first-order valence-corrected chi connectivity index (χ1v) is 10.2. The second kappa shape index (κ2) is 7.13. The Morgan fingerprint density at radius 1 is 1.20 bits per heavy atom. The topological polar surface area (TPSA) is 17.4 Å². The van der Waals surface area contributed by atoms with Gasteiger partial charge in [0, 0.05) is 17.4 Å². The molecule has 1 atom stereocenters.